The minimum absolute atomic E-state index is 0.0179. The van der Waals surface area contributed by atoms with E-state index in [1.807, 2.05) is 0 Å². The lowest BCUT2D eigenvalue weighted by Crippen LogP contribution is -2.75. The largest absolute Gasteiger partial charge is 0.394 e. The third-order valence-corrected chi connectivity index (χ3v) is 3.71. The fourth-order valence-corrected chi connectivity index (χ4v) is 2.56. The van der Waals surface area contributed by atoms with Crippen LogP contribution in [0.1, 0.15) is 25.7 Å². The number of hydrogen-bond acceptors (Lipinski definition) is 3. The average Bonchev–Trinajstić information content (AvgIpc) is 1.83. The van der Waals surface area contributed by atoms with Crippen LogP contribution in [0.15, 0.2) is 0 Å². The van der Waals surface area contributed by atoms with Gasteiger partial charge in [-0.05, 0) is 19.3 Å². The molecule has 0 heterocycles. The van der Waals surface area contributed by atoms with Crippen molar-refractivity contribution in [3.8, 4) is 0 Å². The molecule has 3 nitrogen and oxygen atoms in total. The van der Waals surface area contributed by atoms with E-state index in [1.54, 1.807) is 0 Å². The molecule has 0 amide bonds. The zero-order chi connectivity index (χ0) is 8.11. The van der Waals surface area contributed by atoms with E-state index in [-0.39, 0.29) is 18.1 Å². The molecule has 0 aliphatic heterocycles. The summed E-state index contributed by atoms with van der Waals surface area (Å²) in [6.45, 7) is 0.0179. The molecule has 2 fully saturated rings. The standard InChI is InChI=1S/C8H15NO2/c9-8(5-10)4-6(11)7(8)2-1-3-7/h6,10-11H,1-5,9H2/t6-,8-/m0/s1. The van der Waals surface area contributed by atoms with Gasteiger partial charge in [-0.25, -0.2) is 0 Å². The predicted molar refractivity (Wildman–Crippen MR) is 40.9 cm³/mol. The number of nitrogens with two attached hydrogens (primary N) is 1. The molecule has 0 bridgehead atoms. The highest BCUT2D eigenvalue weighted by Crippen LogP contribution is 2.60. The maximum Gasteiger partial charge on any atom is 0.0633 e. The molecule has 2 rings (SSSR count). The molecule has 11 heavy (non-hydrogen) atoms. The number of aliphatic hydroxyl groups is 2. The van der Waals surface area contributed by atoms with Crippen molar-refractivity contribution in [1.82, 2.24) is 0 Å². The van der Waals surface area contributed by atoms with E-state index in [0.29, 0.717) is 6.42 Å². The highest BCUT2D eigenvalue weighted by molar-refractivity contribution is 5.19. The van der Waals surface area contributed by atoms with Crippen molar-refractivity contribution in [3.05, 3.63) is 0 Å². The summed E-state index contributed by atoms with van der Waals surface area (Å²) in [6.07, 6.45) is 3.45. The lowest BCUT2D eigenvalue weighted by atomic mass is 9.44. The van der Waals surface area contributed by atoms with Crippen LogP contribution in [-0.2, 0) is 0 Å². The fraction of sp³-hybridized carbons (Fsp3) is 1.00. The Bertz CT molecular complexity index is 179. The molecular formula is C8H15NO2. The minimum Gasteiger partial charge on any atom is -0.394 e. The van der Waals surface area contributed by atoms with Crippen LogP contribution in [0.25, 0.3) is 0 Å². The van der Waals surface area contributed by atoms with E-state index in [2.05, 4.69) is 0 Å². The first-order chi connectivity index (χ1) is 5.15. The van der Waals surface area contributed by atoms with E-state index < -0.39 is 5.54 Å². The molecular weight excluding hydrogens is 142 g/mol. The summed E-state index contributed by atoms with van der Waals surface area (Å²) >= 11 is 0. The summed E-state index contributed by atoms with van der Waals surface area (Å²) in [5, 5.41) is 18.5. The van der Waals surface area contributed by atoms with E-state index in [4.69, 9.17) is 10.8 Å². The van der Waals surface area contributed by atoms with Crippen LogP contribution < -0.4 is 5.73 Å². The molecule has 0 unspecified atom stereocenters. The Hall–Kier alpha value is -0.120. The first-order valence-electron chi connectivity index (χ1n) is 4.22. The van der Waals surface area contributed by atoms with Crippen molar-refractivity contribution in [2.45, 2.75) is 37.3 Å². The molecule has 64 valence electrons. The van der Waals surface area contributed by atoms with Gasteiger partial charge in [0.1, 0.15) is 0 Å². The Kier molecular flexibility index (Phi) is 1.35. The molecule has 0 saturated heterocycles. The quantitative estimate of drug-likeness (QED) is 0.485. The van der Waals surface area contributed by atoms with Crippen molar-refractivity contribution in [3.63, 3.8) is 0 Å². The SMILES string of the molecule is N[C@]1(CO)C[C@H](O)C12CCC2. The average molecular weight is 157 g/mol. The van der Waals surface area contributed by atoms with Gasteiger partial charge in [0.15, 0.2) is 0 Å². The van der Waals surface area contributed by atoms with Gasteiger partial charge in [-0.3, -0.25) is 0 Å². The first kappa shape index (κ1) is 7.53. The lowest BCUT2D eigenvalue weighted by Gasteiger charge is -2.65. The number of aliphatic hydroxyl groups excluding tert-OH is 2. The summed E-state index contributed by atoms with van der Waals surface area (Å²) in [6, 6.07) is 0. The third-order valence-electron chi connectivity index (χ3n) is 3.71. The van der Waals surface area contributed by atoms with Crippen LogP contribution in [0, 0.1) is 5.41 Å². The minimum atomic E-state index is -0.468. The summed E-state index contributed by atoms with van der Waals surface area (Å²) in [4.78, 5) is 0. The number of hydrogen-bond donors (Lipinski definition) is 3. The van der Waals surface area contributed by atoms with Crippen LogP contribution in [0.4, 0.5) is 0 Å². The van der Waals surface area contributed by atoms with Crippen LogP contribution in [0.3, 0.4) is 0 Å². The highest BCUT2D eigenvalue weighted by Gasteiger charge is 2.65. The van der Waals surface area contributed by atoms with Crippen molar-refractivity contribution in [2.75, 3.05) is 6.61 Å². The Morgan fingerprint density at radius 2 is 2.09 bits per heavy atom. The monoisotopic (exact) mass is 157 g/mol. The highest BCUT2D eigenvalue weighted by atomic mass is 16.3. The molecule has 3 heteroatoms. The van der Waals surface area contributed by atoms with Gasteiger partial charge in [-0.2, -0.15) is 0 Å². The van der Waals surface area contributed by atoms with E-state index in [0.717, 1.165) is 19.3 Å². The third kappa shape index (κ3) is 0.643. The molecule has 4 N–H and O–H groups in total. The maximum absolute atomic E-state index is 9.49. The Morgan fingerprint density at radius 1 is 1.45 bits per heavy atom. The van der Waals surface area contributed by atoms with Gasteiger partial charge in [0.2, 0.25) is 0 Å². The summed E-state index contributed by atoms with van der Waals surface area (Å²) in [7, 11) is 0. The summed E-state index contributed by atoms with van der Waals surface area (Å²) in [5.74, 6) is 0. The van der Waals surface area contributed by atoms with Crippen LogP contribution >= 0.6 is 0 Å². The first-order valence-corrected chi connectivity index (χ1v) is 4.22. The van der Waals surface area contributed by atoms with Gasteiger partial charge in [-0.15, -0.1) is 0 Å². The topological polar surface area (TPSA) is 66.5 Å². The normalized spacial score (nSPS) is 46.6. The van der Waals surface area contributed by atoms with Gasteiger partial charge in [0, 0.05) is 11.0 Å². The van der Waals surface area contributed by atoms with Crippen molar-refractivity contribution in [1.29, 1.82) is 0 Å². The molecule has 0 aromatic heterocycles. The Labute approximate surface area is 66.2 Å². The zero-order valence-corrected chi connectivity index (χ0v) is 6.58. The molecule has 0 aromatic carbocycles. The zero-order valence-electron chi connectivity index (χ0n) is 6.58. The maximum atomic E-state index is 9.49. The summed E-state index contributed by atoms with van der Waals surface area (Å²) < 4.78 is 0. The van der Waals surface area contributed by atoms with Gasteiger partial charge >= 0.3 is 0 Å². The molecule has 1 spiro atoms. The molecule has 2 atom stereocenters. The second-order valence-electron chi connectivity index (χ2n) is 4.04. The van der Waals surface area contributed by atoms with Crippen LogP contribution in [0.2, 0.25) is 0 Å². The van der Waals surface area contributed by atoms with Gasteiger partial charge in [0.25, 0.3) is 0 Å². The molecule has 0 radical (unpaired) electrons. The van der Waals surface area contributed by atoms with Crippen molar-refractivity contribution < 1.29 is 10.2 Å². The van der Waals surface area contributed by atoms with E-state index in [1.165, 1.54) is 0 Å². The van der Waals surface area contributed by atoms with Gasteiger partial charge < -0.3 is 15.9 Å². The molecule has 2 aliphatic rings. The van der Waals surface area contributed by atoms with Crippen molar-refractivity contribution >= 4 is 0 Å². The second kappa shape index (κ2) is 1.97. The molecule has 2 saturated carbocycles. The van der Waals surface area contributed by atoms with E-state index >= 15 is 0 Å². The van der Waals surface area contributed by atoms with Gasteiger partial charge in [-0.1, -0.05) is 6.42 Å². The fourth-order valence-electron chi connectivity index (χ4n) is 2.56. The second-order valence-corrected chi connectivity index (χ2v) is 4.04. The Morgan fingerprint density at radius 3 is 2.27 bits per heavy atom. The van der Waals surface area contributed by atoms with Crippen LogP contribution in [0.5, 0.6) is 0 Å². The van der Waals surface area contributed by atoms with Gasteiger partial charge in [0.05, 0.1) is 12.7 Å². The lowest BCUT2D eigenvalue weighted by molar-refractivity contribution is -0.196. The van der Waals surface area contributed by atoms with Crippen molar-refractivity contribution in [2.24, 2.45) is 11.1 Å². The smallest absolute Gasteiger partial charge is 0.0633 e. The summed E-state index contributed by atoms with van der Waals surface area (Å²) in [5.41, 5.74) is 5.35. The number of rotatable bonds is 1. The molecule has 2 aliphatic carbocycles. The Balaban J connectivity index is 2.16. The molecule has 0 aromatic rings. The van der Waals surface area contributed by atoms with Crippen LogP contribution in [-0.4, -0.2) is 28.5 Å². The van der Waals surface area contributed by atoms with E-state index in [9.17, 15) is 5.11 Å². The predicted octanol–water partition coefficient (Wildman–Crippen LogP) is -0.389.